The van der Waals surface area contributed by atoms with Crippen LogP contribution in [0, 0.1) is 5.82 Å². The summed E-state index contributed by atoms with van der Waals surface area (Å²) < 4.78 is 42.1. The van der Waals surface area contributed by atoms with Crippen molar-refractivity contribution in [2.45, 2.75) is 45.3 Å². The van der Waals surface area contributed by atoms with E-state index in [-0.39, 0.29) is 18.5 Å². The summed E-state index contributed by atoms with van der Waals surface area (Å²) in [4.78, 5) is 28.9. The number of hydrogen-bond donors (Lipinski definition) is 1. The van der Waals surface area contributed by atoms with Crippen LogP contribution in [0.2, 0.25) is 0 Å². The van der Waals surface area contributed by atoms with Crippen LogP contribution in [0.25, 0.3) is 0 Å². The van der Waals surface area contributed by atoms with E-state index in [0.29, 0.717) is 5.69 Å². The molecule has 1 N–H and O–H groups in total. The first-order valence-electron chi connectivity index (χ1n) is 12.4. The second kappa shape index (κ2) is 12.7. The third-order valence-corrected chi connectivity index (χ3v) is 7.53. The number of nitrogens with zero attached hydrogens (tertiary/aromatic N) is 2. The van der Waals surface area contributed by atoms with Gasteiger partial charge in [0.25, 0.3) is 0 Å². The van der Waals surface area contributed by atoms with Crippen molar-refractivity contribution in [2.75, 3.05) is 17.1 Å². The smallest absolute Gasteiger partial charge is 0.244 e. The van der Waals surface area contributed by atoms with E-state index in [1.54, 1.807) is 36.4 Å². The van der Waals surface area contributed by atoms with Gasteiger partial charge in [-0.05, 0) is 56.7 Å². The minimum atomic E-state index is -3.88. The first kappa shape index (κ1) is 30.3. The molecule has 0 aliphatic rings. The third-order valence-electron chi connectivity index (χ3n) is 5.86. The van der Waals surface area contributed by atoms with Gasteiger partial charge in [-0.2, -0.15) is 0 Å². The second-order valence-corrected chi connectivity index (χ2v) is 13.1. The zero-order valence-corrected chi connectivity index (χ0v) is 24.8. The maximum Gasteiger partial charge on any atom is 0.244 e. The number of benzene rings is 3. The van der Waals surface area contributed by atoms with E-state index in [2.05, 4.69) is 21.2 Å². The standard InChI is InChI=1S/C29H33BrFN3O4S/c1-29(2,3)32-28(36)26(18-21-10-6-5-7-11-21)33(19-22-12-8-9-13-25(22)31)27(35)20-34(39(4,37)38)24-16-14-23(30)15-17-24/h5-17,26H,18-20H2,1-4H3,(H,32,36)/t26-/m0/s1. The molecule has 3 aromatic carbocycles. The number of rotatable bonds is 10. The van der Waals surface area contributed by atoms with Crippen LogP contribution in [0.4, 0.5) is 10.1 Å². The van der Waals surface area contributed by atoms with Crippen LogP contribution in [-0.2, 0) is 32.6 Å². The second-order valence-electron chi connectivity index (χ2n) is 10.3. The molecule has 0 bridgehead atoms. The molecule has 7 nitrogen and oxygen atoms in total. The molecule has 0 spiro atoms. The monoisotopic (exact) mass is 617 g/mol. The van der Waals surface area contributed by atoms with Crippen LogP contribution in [0.15, 0.2) is 83.3 Å². The van der Waals surface area contributed by atoms with Gasteiger partial charge in [-0.15, -0.1) is 0 Å². The predicted octanol–water partition coefficient (Wildman–Crippen LogP) is 4.91. The number of amides is 2. The van der Waals surface area contributed by atoms with Gasteiger partial charge >= 0.3 is 0 Å². The Balaban J connectivity index is 2.08. The Kier molecular flexibility index (Phi) is 9.90. The lowest BCUT2D eigenvalue weighted by molar-refractivity contribution is -0.140. The van der Waals surface area contributed by atoms with Gasteiger partial charge in [0, 0.05) is 28.5 Å². The molecular formula is C29H33BrFN3O4S. The molecule has 0 aromatic heterocycles. The Morgan fingerprint density at radius 1 is 0.949 bits per heavy atom. The fraction of sp³-hybridized carbons (Fsp3) is 0.310. The Morgan fingerprint density at radius 3 is 2.10 bits per heavy atom. The van der Waals surface area contributed by atoms with Crippen LogP contribution in [0.1, 0.15) is 31.9 Å². The summed E-state index contributed by atoms with van der Waals surface area (Å²) in [5, 5.41) is 2.93. The van der Waals surface area contributed by atoms with Crippen molar-refractivity contribution in [3.05, 3.63) is 100 Å². The number of hydrogen-bond acceptors (Lipinski definition) is 4. The number of halogens is 2. The largest absolute Gasteiger partial charge is 0.350 e. The molecule has 0 fully saturated rings. The van der Waals surface area contributed by atoms with Crippen LogP contribution in [0.3, 0.4) is 0 Å². The molecule has 3 aromatic rings. The molecular weight excluding hydrogens is 585 g/mol. The van der Waals surface area contributed by atoms with Gasteiger partial charge in [-0.1, -0.05) is 64.5 Å². The summed E-state index contributed by atoms with van der Waals surface area (Å²) >= 11 is 3.33. The van der Waals surface area contributed by atoms with Crippen LogP contribution >= 0.6 is 15.9 Å². The average Bonchev–Trinajstić information content (AvgIpc) is 2.85. The van der Waals surface area contributed by atoms with Gasteiger partial charge in [0.05, 0.1) is 11.9 Å². The number of nitrogens with one attached hydrogen (secondary N) is 1. The van der Waals surface area contributed by atoms with Crippen molar-refractivity contribution in [1.82, 2.24) is 10.2 Å². The molecule has 0 aliphatic carbocycles. The van der Waals surface area contributed by atoms with E-state index >= 15 is 0 Å². The van der Waals surface area contributed by atoms with Crippen molar-refractivity contribution in [1.29, 1.82) is 0 Å². The summed E-state index contributed by atoms with van der Waals surface area (Å²) in [5.74, 6) is -1.60. The molecule has 0 radical (unpaired) electrons. The number of carbonyl (C=O) groups is 2. The molecule has 0 unspecified atom stereocenters. The molecule has 0 saturated heterocycles. The fourth-order valence-corrected chi connectivity index (χ4v) is 5.15. The lowest BCUT2D eigenvalue weighted by Gasteiger charge is -2.35. The molecule has 208 valence electrons. The summed E-state index contributed by atoms with van der Waals surface area (Å²) in [7, 11) is -3.88. The SMILES string of the molecule is CC(C)(C)NC(=O)[C@H](Cc1ccccc1)N(Cc1ccccc1F)C(=O)CN(c1ccc(Br)cc1)S(C)(=O)=O. The number of sulfonamides is 1. The van der Waals surface area contributed by atoms with Crippen molar-refractivity contribution in [3.63, 3.8) is 0 Å². The summed E-state index contributed by atoms with van der Waals surface area (Å²) in [6, 6.07) is 20.7. The Morgan fingerprint density at radius 2 is 1.54 bits per heavy atom. The molecule has 0 heterocycles. The highest BCUT2D eigenvalue weighted by molar-refractivity contribution is 9.10. The predicted molar refractivity (Wildman–Crippen MR) is 155 cm³/mol. The van der Waals surface area contributed by atoms with E-state index in [4.69, 9.17) is 0 Å². The summed E-state index contributed by atoms with van der Waals surface area (Å²) in [5.41, 5.74) is 0.695. The van der Waals surface area contributed by atoms with E-state index in [1.807, 2.05) is 51.1 Å². The van der Waals surface area contributed by atoms with Crippen molar-refractivity contribution in [2.24, 2.45) is 0 Å². The average molecular weight is 619 g/mol. The molecule has 2 amide bonds. The van der Waals surface area contributed by atoms with E-state index in [1.165, 1.54) is 17.0 Å². The quantitative estimate of drug-likeness (QED) is 0.350. The first-order valence-corrected chi connectivity index (χ1v) is 15.0. The lowest BCUT2D eigenvalue weighted by Crippen LogP contribution is -2.56. The lowest BCUT2D eigenvalue weighted by atomic mass is 10.0. The maximum absolute atomic E-state index is 14.8. The zero-order valence-electron chi connectivity index (χ0n) is 22.4. The normalized spacial score (nSPS) is 12.5. The molecule has 3 rings (SSSR count). The van der Waals surface area contributed by atoms with Crippen LogP contribution < -0.4 is 9.62 Å². The number of carbonyl (C=O) groups excluding carboxylic acids is 2. The molecule has 39 heavy (non-hydrogen) atoms. The topological polar surface area (TPSA) is 86.8 Å². The molecule has 0 aliphatic heterocycles. The highest BCUT2D eigenvalue weighted by Crippen LogP contribution is 2.23. The van der Waals surface area contributed by atoms with E-state index in [9.17, 15) is 22.4 Å². The summed E-state index contributed by atoms with van der Waals surface area (Å²) in [6.45, 7) is 4.69. The maximum atomic E-state index is 14.8. The first-order chi connectivity index (χ1) is 18.2. The zero-order chi connectivity index (χ0) is 28.8. The van der Waals surface area contributed by atoms with Gasteiger partial charge in [0.2, 0.25) is 21.8 Å². The van der Waals surface area contributed by atoms with Crippen LogP contribution in [0.5, 0.6) is 0 Å². The summed E-state index contributed by atoms with van der Waals surface area (Å²) in [6.07, 6.45) is 1.16. The highest BCUT2D eigenvalue weighted by Gasteiger charge is 2.34. The Bertz CT molecular complexity index is 1390. The number of anilines is 1. The molecule has 1 atom stereocenters. The Hall–Kier alpha value is -3.24. The third kappa shape index (κ3) is 8.90. The van der Waals surface area contributed by atoms with Crippen molar-refractivity contribution in [3.8, 4) is 0 Å². The van der Waals surface area contributed by atoms with Gasteiger partial charge < -0.3 is 10.2 Å². The highest BCUT2D eigenvalue weighted by atomic mass is 79.9. The van der Waals surface area contributed by atoms with Gasteiger partial charge in [0.1, 0.15) is 18.4 Å². The minimum Gasteiger partial charge on any atom is -0.350 e. The fourth-order valence-electron chi connectivity index (χ4n) is 4.04. The van der Waals surface area contributed by atoms with E-state index in [0.717, 1.165) is 20.6 Å². The molecule has 10 heteroatoms. The Labute approximate surface area is 238 Å². The van der Waals surface area contributed by atoms with Gasteiger partial charge in [-0.3, -0.25) is 13.9 Å². The van der Waals surface area contributed by atoms with Crippen LogP contribution in [-0.4, -0.2) is 49.5 Å². The molecule has 0 saturated carbocycles. The van der Waals surface area contributed by atoms with E-state index < -0.39 is 45.8 Å². The van der Waals surface area contributed by atoms with Crippen molar-refractivity contribution >= 4 is 43.5 Å². The minimum absolute atomic E-state index is 0.153. The van der Waals surface area contributed by atoms with Gasteiger partial charge in [0.15, 0.2) is 0 Å². The van der Waals surface area contributed by atoms with Crippen molar-refractivity contribution < 1.29 is 22.4 Å². The van der Waals surface area contributed by atoms with Gasteiger partial charge in [-0.25, -0.2) is 12.8 Å².